The molecular weight excluding hydrogens is 336 g/mol. The molecule has 0 radical (unpaired) electrons. The number of halogens is 3. The summed E-state index contributed by atoms with van der Waals surface area (Å²) in [5.41, 5.74) is 2.42. The summed E-state index contributed by atoms with van der Waals surface area (Å²) in [4.78, 5) is 0. The van der Waals surface area contributed by atoms with Crippen LogP contribution in [0.1, 0.15) is 36.1 Å². The van der Waals surface area contributed by atoms with Gasteiger partial charge >= 0.3 is 0 Å². The largest absolute Gasteiger partial charge is 0.306 e. The van der Waals surface area contributed by atoms with Crippen LogP contribution in [0.2, 0.25) is 0 Å². The Bertz CT molecular complexity index is 608. The number of benzene rings is 2. The van der Waals surface area contributed by atoms with Crippen molar-refractivity contribution in [1.82, 2.24) is 5.32 Å². The monoisotopic (exact) mass is 353 g/mol. The molecule has 1 atom stereocenters. The maximum atomic E-state index is 13.7. The standard InChI is InChI=1S/C17H18BrF2N/c1-3-6-21-17(12-7-11(2)8-14(20)9-12)15-10-13(19)4-5-16(15)18/h4-5,7-10,17,21H,3,6H2,1-2H3. The number of hydrogen-bond donors (Lipinski definition) is 1. The Hall–Kier alpha value is -1.26. The van der Waals surface area contributed by atoms with Gasteiger partial charge in [0, 0.05) is 4.47 Å². The number of nitrogens with one attached hydrogen (secondary N) is 1. The Balaban J connectivity index is 2.49. The fraction of sp³-hybridized carbons (Fsp3) is 0.294. The van der Waals surface area contributed by atoms with E-state index in [9.17, 15) is 8.78 Å². The number of hydrogen-bond acceptors (Lipinski definition) is 1. The van der Waals surface area contributed by atoms with Gasteiger partial charge in [-0.3, -0.25) is 0 Å². The highest BCUT2D eigenvalue weighted by molar-refractivity contribution is 9.10. The van der Waals surface area contributed by atoms with Gasteiger partial charge in [-0.05, 0) is 66.9 Å². The summed E-state index contributed by atoms with van der Waals surface area (Å²) >= 11 is 3.46. The average Bonchev–Trinajstić information content (AvgIpc) is 2.42. The Morgan fingerprint density at radius 3 is 2.52 bits per heavy atom. The molecule has 0 aliphatic heterocycles. The van der Waals surface area contributed by atoms with Crippen LogP contribution >= 0.6 is 15.9 Å². The van der Waals surface area contributed by atoms with Crippen LogP contribution in [-0.2, 0) is 0 Å². The average molecular weight is 354 g/mol. The first-order valence-electron chi connectivity index (χ1n) is 6.96. The molecule has 0 heterocycles. The van der Waals surface area contributed by atoms with E-state index < -0.39 is 0 Å². The van der Waals surface area contributed by atoms with E-state index in [-0.39, 0.29) is 17.7 Å². The minimum absolute atomic E-state index is 0.246. The summed E-state index contributed by atoms with van der Waals surface area (Å²) < 4.78 is 28.1. The molecular formula is C17H18BrF2N. The van der Waals surface area contributed by atoms with Gasteiger partial charge in [0.05, 0.1) is 6.04 Å². The first kappa shape index (κ1) is 16.1. The molecule has 21 heavy (non-hydrogen) atoms. The topological polar surface area (TPSA) is 12.0 Å². The van der Waals surface area contributed by atoms with Crippen molar-refractivity contribution in [1.29, 1.82) is 0 Å². The Labute approximate surface area is 132 Å². The molecule has 1 nitrogen and oxygen atoms in total. The summed E-state index contributed by atoms with van der Waals surface area (Å²) in [7, 11) is 0. The van der Waals surface area contributed by atoms with Gasteiger partial charge < -0.3 is 5.32 Å². The lowest BCUT2D eigenvalue weighted by Crippen LogP contribution is -2.24. The first-order chi connectivity index (χ1) is 10.0. The van der Waals surface area contributed by atoms with Crippen LogP contribution in [0.3, 0.4) is 0 Å². The molecule has 1 unspecified atom stereocenters. The van der Waals surface area contributed by atoms with E-state index in [1.165, 1.54) is 24.3 Å². The molecule has 0 saturated heterocycles. The maximum absolute atomic E-state index is 13.7. The van der Waals surface area contributed by atoms with Crippen LogP contribution in [-0.4, -0.2) is 6.54 Å². The highest BCUT2D eigenvalue weighted by Gasteiger charge is 2.18. The minimum Gasteiger partial charge on any atom is -0.306 e. The van der Waals surface area contributed by atoms with Gasteiger partial charge in [0.1, 0.15) is 11.6 Å². The van der Waals surface area contributed by atoms with Crippen molar-refractivity contribution in [2.45, 2.75) is 26.3 Å². The summed E-state index contributed by atoms with van der Waals surface area (Å²) in [6.07, 6.45) is 0.942. The molecule has 112 valence electrons. The van der Waals surface area contributed by atoms with E-state index in [1.54, 1.807) is 6.07 Å². The SMILES string of the molecule is CCCNC(c1cc(C)cc(F)c1)c1cc(F)ccc1Br. The van der Waals surface area contributed by atoms with E-state index in [0.717, 1.165) is 34.1 Å². The van der Waals surface area contributed by atoms with Gasteiger partial charge in [-0.2, -0.15) is 0 Å². The normalized spacial score (nSPS) is 12.4. The van der Waals surface area contributed by atoms with Gasteiger partial charge in [0.15, 0.2) is 0 Å². The van der Waals surface area contributed by atoms with E-state index in [0.29, 0.717) is 0 Å². The molecule has 2 rings (SSSR count). The number of rotatable bonds is 5. The van der Waals surface area contributed by atoms with Crippen molar-refractivity contribution >= 4 is 15.9 Å². The van der Waals surface area contributed by atoms with Crippen LogP contribution in [0.25, 0.3) is 0 Å². The minimum atomic E-state index is -0.301. The second-order valence-corrected chi connectivity index (χ2v) is 5.97. The van der Waals surface area contributed by atoms with Crippen molar-refractivity contribution in [3.05, 3.63) is 69.2 Å². The predicted molar refractivity (Wildman–Crippen MR) is 85.4 cm³/mol. The Morgan fingerprint density at radius 1 is 1.10 bits per heavy atom. The van der Waals surface area contributed by atoms with Gasteiger partial charge in [0.25, 0.3) is 0 Å². The van der Waals surface area contributed by atoms with E-state index >= 15 is 0 Å². The molecule has 0 bridgehead atoms. The fourth-order valence-corrected chi connectivity index (χ4v) is 2.84. The summed E-state index contributed by atoms with van der Waals surface area (Å²) in [6, 6.07) is 9.23. The van der Waals surface area contributed by atoms with E-state index in [1.807, 2.05) is 13.0 Å². The van der Waals surface area contributed by atoms with Gasteiger partial charge in [-0.15, -0.1) is 0 Å². The molecule has 0 aliphatic carbocycles. The second-order valence-electron chi connectivity index (χ2n) is 5.11. The van der Waals surface area contributed by atoms with E-state index in [4.69, 9.17) is 0 Å². The Kier molecular flexibility index (Phi) is 5.48. The lowest BCUT2D eigenvalue weighted by Gasteiger charge is -2.21. The molecule has 0 saturated carbocycles. The highest BCUT2D eigenvalue weighted by atomic mass is 79.9. The molecule has 0 fully saturated rings. The third-order valence-electron chi connectivity index (χ3n) is 3.27. The molecule has 1 N–H and O–H groups in total. The van der Waals surface area contributed by atoms with Crippen molar-refractivity contribution in [3.8, 4) is 0 Å². The van der Waals surface area contributed by atoms with Crippen LogP contribution in [0.15, 0.2) is 40.9 Å². The lowest BCUT2D eigenvalue weighted by molar-refractivity contribution is 0.575. The molecule has 0 aromatic heterocycles. The van der Waals surface area contributed by atoms with Crippen LogP contribution in [0.4, 0.5) is 8.78 Å². The third kappa shape index (κ3) is 4.11. The quantitative estimate of drug-likeness (QED) is 0.785. The first-order valence-corrected chi connectivity index (χ1v) is 7.76. The predicted octanol–water partition coefficient (Wildman–Crippen LogP) is 5.12. The summed E-state index contributed by atoms with van der Waals surface area (Å²) in [6.45, 7) is 4.68. The van der Waals surface area contributed by atoms with Crippen molar-refractivity contribution in [3.63, 3.8) is 0 Å². The summed E-state index contributed by atoms with van der Waals surface area (Å²) in [5, 5.41) is 3.36. The zero-order chi connectivity index (χ0) is 15.4. The van der Waals surface area contributed by atoms with Crippen LogP contribution in [0.5, 0.6) is 0 Å². The zero-order valence-electron chi connectivity index (χ0n) is 12.1. The van der Waals surface area contributed by atoms with Gasteiger partial charge in [-0.25, -0.2) is 8.78 Å². The second kappa shape index (κ2) is 7.14. The molecule has 0 aliphatic rings. The highest BCUT2D eigenvalue weighted by Crippen LogP contribution is 2.30. The molecule has 0 amide bonds. The van der Waals surface area contributed by atoms with Gasteiger partial charge in [0.2, 0.25) is 0 Å². The fourth-order valence-electron chi connectivity index (χ4n) is 2.36. The molecule has 0 spiro atoms. The lowest BCUT2D eigenvalue weighted by atomic mass is 9.97. The number of aryl methyl sites for hydroxylation is 1. The Morgan fingerprint density at radius 2 is 1.86 bits per heavy atom. The van der Waals surface area contributed by atoms with Crippen molar-refractivity contribution in [2.75, 3.05) is 6.54 Å². The molecule has 2 aromatic rings. The molecule has 2 aromatic carbocycles. The third-order valence-corrected chi connectivity index (χ3v) is 3.99. The van der Waals surface area contributed by atoms with Gasteiger partial charge in [-0.1, -0.05) is 28.9 Å². The summed E-state index contributed by atoms with van der Waals surface area (Å²) in [5.74, 6) is -0.578. The van der Waals surface area contributed by atoms with Crippen molar-refractivity contribution in [2.24, 2.45) is 0 Å². The van der Waals surface area contributed by atoms with Crippen molar-refractivity contribution < 1.29 is 8.78 Å². The van der Waals surface area contributed by atoms with E-state index in [2.05, 4.69) is 28.2 Å². The van der Waals surface area contributed by atoms with Crippen LogP contribution in [0, 0.1) is 18.6 Å². The zero-order valence-corrected chi connectivity index (χ0v) is 13.7. The molecule has 4 heteroatoms. The van der Waals surface area contributed by atoms with Crippen LogP contribution < -0.4 is 5.32 Å². The smallest absolute Gasteiger partial charge is 0.123 e. The maximum Gasteiger partial charge on any atom is 0.123 e.